The Morgan fingerprint density at radius 1 is 1.25 bits per heavy atom. The fourth-order valence-corrected chi connectivity index (χ4v) is 4.72. The summed E-state index contributed by atoms with van der Waals surface area (Å²) in [7, 11) is -3.50. The van der Waals surface area contributed by atoms with Gasteiger partial charge < -0.3 is 5.11 Å². The Morgan fingerprint density at radius 3 is 2.45 bits per heavy atom. The highest BCUT2D eigenvalue weighted by molar-refractivity contribution is 7.89. The van der Waals surface area contributed by atoms with E-state index in [1.165, 1.54) is 0 Å². The first-order valence-electron chi connectivity index (χ1n) is 7.18. The number of rotatable bonds is 5. The van der Waals surface area contributed by atoms with E-state index >= 15 is 0 Å². The van der Waals surface area contributed by atoms with Crippen LogP contribution in [0.25, 0.3) is 0 Å². The van der Waals surface area contributed by atoms with Crippen LogP contribution in [-0.4, -0.2) is 30.9 Å². The molecule has 0 bridgehead atoms. The number of hydrogen-bond donors (Lipinski definition) is 1. The molecular formula is C15H23NO3S. The molecule has 0 saturated carbocycles. The molecule has 2 rings (SSSR count). The van der Waals surface area contributed by atoms with Crippen LogP contribution in [0.1, 0.15) is 38.7 Å². The molecule has 0 spiro atoms. The van der Waals surface area contributed by atoms with Crippen molar-refractivity contribution in [3.8, 4) is 0 Å². The second-order valence-electron chi connectivity index (χ2n) is 5.56. The minimum atomic E-state index is -3.50. The van der Waals surface area contributed by atoms with Gasteiger partial charge in [0.05, 0.1) is 11.5 Å². The zero-order valence-electron chi connectivity index (χ0n) is 12.2. The van der Waals surface area contributed by atoms with Gasteiger partial charge in [-0.15, -0.1) is 0 Å². The van der Waals surface area contributed by atoms with E-state index in [1.54, 1.807) is 28.6 Å². The third-order valence-corrected chi connectivity index (χ3v) is 6.61. The Kier molecular flexibility index (Phi) is 4.52. The van der Waals surface area contributed by atoms with Gasteiger partial charge in [0.15, 0.2) is 0 Å². The minimum Gasteiger partial charge on any atom is -0.392 e. The zero-order valence-corrected chi connectivity index (χ0v) is 13.0. The molecular weight excluding hydrogens is 274 g/mol. The van der Waals surface area contributed by atoms with Crippen molar-refractivity contribution in [2.75, 3.05) is 13.1 Å². The molecule has 1 saturated heterocycles. The summed E-state index contributed by atoms with van der Waals surface area (Å²) in [6.45, 7) is 5.16. The van der Waals surface area contributed by atoms with Gasteiger partial charge >= 0.3 is 0 Å². The summed E-state index contributed by atoms with van der Waals surface area (Å²) in [4.78, 5) is 0.241. The molecule has 0 radical (unpaired) electrons. The number of hydrogen-bond acceptors (Lipinski definition) is 3. The Hall–Kier alpha value is -0.910. The molecule has 0 amide bonds. The van der Waals surface area contributed by atoms with E-state index in [1.807, 2.05) is 0 Å². The summed E-state index contributed by atoms with van der Waals surface area (Å²) in [6.07, 6.45) is 2.91. The van der Waals surface area contributed by atoms with Crippen LogP contribution in [0.15, 0.2) is 29.2 Å². The number of benzene rings is 1. The summed E-state index contributed by atoms with van der Waals surface area (Å²) >= 11 is 0. The maximum atomic E-state index is 12.7. The quantitative estimate of drug-likeness (QED) is 0.908. The van der Waals surface area contributed by atoms with Crippen LogP contribution in [0.4, 0.5) is 0 Å². The molecule has 1 heterocycles. The van der Waals surface area contributed by atoms with Gasteiger partial charge in [-0.3, -0.25) is 0 Å². The van der Waals surface area contributed by atoms with E-state index in [0.29, 0.717) is 18.7 Å². The Balaban J connectivity index is 2.33. The molecule has 1 aliphatic rings. The lowest BCUT2D eigenvalue weighted by atomic mass is 9.82. The van der Waals surface area contributed by atoms with Crippen molar-refractivity contribution < 1.29 is 13.5 Å². The molecule has 0 unspecified atom stereocenters. The maximum Gasteiger partial charge on any atom is 0.243 e. The Morgan fingerprint density at radius 2 is 1.90 bits per heavy atom. The topological polar surface area (TPSA) is 57.6 Å². The van der Waals surface area contributed by atoms with Crippen LogP contribution >= 0.6 is 0 Å². The molecule has 112 valence electrons. The Labute approximate surface area is 121 Å². The van der Waals surface area contributed by atoms with Crippen LogP contribution < -0.4 is 0 Å². The summed E-state index contributed by atoms with van der Waals surface area (Å²) < 4.78 is 27.1. The fourth-order valence-electron chi connectivity index (χ4n) is 2.95. The van der Waals surface area contributed by atoms with Crippen LogP contribution in [0.5, 0.6) is 0 Å². The SMILES string of the molecule is CCC1(CC)CCN(S(=O)(=O)c2ccccc2CO)C1. The van der Waals surface area contributed by atoms with Crippen LogP contribution in [-0.2, 0) is 16.6 Å². The smallest absolute Gasteiger partial charge is 0.243 e. The first-order valence-corrected chi connectivity index (χ1v) is 8.62. The predicted molar refractivity (Wildman–Crippen MR) is 78.8 cm³/mol. The maximum absolute atomic E-state index is 12.7. The lowest BCUT2D eigenvalue weighted by molar-refractivity contribution is 0.275. The van der Waals surface area contributed by atoms with Gasteiger partial charge in [0.1, 0.15) is 0 Å². The van der Waals surface area contributed by atoms with Gasteiger partial charge in [-0.2, -0.15) is 4.31 Å². The van der Waals surface area contributed by atoms with Gasteiger partial charge in [0.25, 0.3) is 0 Å². The molecule has 1 aromatic carbocycles. The summed E-state index contributed by atoms with van der Waals surface area (Å²) in [5.74, 6) is 0. The van der Waals surface area contributed by atoms with Gasteiger partial charge in [-0.25, -0.2) is 8.42 Å². The summed E-state index contributed by atoms with van der Waals surface area (Å²) in [5.41, 5.74) is 0.583. The van der Waals surface area contributed by atoms with Crippen molar-refractivity contribution in [1.82, 2.24) is 4.31 Å². The second-order valence-corrected chi connectivity index (χ2v) is 7.47. The Bertz CT molecular complexity index is 564. The number of aliphatic hydroxyl groups excluding tert-OH is 1. The number of aliphatic hydroxyl groups is 1. The fraction of sp³-hybridized carbons (Fsp3) is 0.600. The monoisotopic (exact) mass is 297 g/mol. The average Bonchev–Trinajstić information content (AvgIpc) is 2.93. The van der Waals surface area contributed by atoms with E-state index in [2.05, 4.69) is 13.8 Å². The largest absolute Gasteiger partial charge is 0.392 e. The molecule has 0 aromatic heterocycles. The zero-order chi connectivity index (χ0) is 14.8. The van der Waals surface area contributed by atoms with E-state index in [9.17, 15) is 13.5 Å². The molecule has 0 atom stereocenters. The normalized spacial score (nSPS) is 19.4. The van der Waals surface area contributed by atoms with E-state index in [4.69, 9.17) is 0 Å². The highest BCUT2D eigenvalue weighted by atomic mass is 32.2. The van der Waals surface area contributed by atoms with Crippen molar-refractivity contribution in [3.63, 3.8) is 0 Å². The van der Waals surface area contributed by atoms with E-state index in [0.717, 1.165) is 19.3 Å². The standard InChI is InChI=1S/C15H23NO3S/c1-3-15(4-2)9-10-16(12-15)20(18,19)14-8-6-5-7-13(14)11-17/h5-8,17H,3-4,9-12H2,1-2H3. The molecule has 4 nitrogen and oxygen atoms in total. The molecule has 20 heavy (non-hydrogen) atoms. The summed E-state index contributed by atoms with van der Waals surface area (Å²) in [6, 6.07) is 6.70. The first kappa shape index (κ1) is 15.5. The highest BCUT2D eigenvalue weighted by Gasteiger charge is 2.41. The first-order chi connectivity index (χ1) is 9.49. The second kappa shape index (κ2) is 5.84. The van der Waals surface area contributed by atoms with Crippen molar-refractivity contribution >= 4 is 10.0 Å². The van der Waals surface area contributed by atoms with Crippen molar-refractivity contribution in [2.24, 2.45) is 5.41 Å². The van der Waals surface area contributed by atoms with Gasteiger partial charge in [0, 0.05) is 13.1 Å². The van der Waals surface area contributed by atoms with Gasteiger partial charge in [-0.05, 0) is 36.3 Å². The van der Waals surface area contributed by atoms with E-state index in [-0.39, 0.29) is 16.9 Å². The van der Waals surface area contributed by atoms with E-state index < -0.39 is 10.0 Å². The van der Waals surface area contributed by atoms with Crippen LogP contribution in [0, 0.1) is 5.41 Å². The third kappa shape index (κ3) is 2.62. The van der Waals surface area contributed by atoms with Crippen molar-refractivity contribution in [3.05, 3.63) is 29.8 Å². The highest BCUT2D eigenvalue weighted by Crippen LogP contribution is 2.39. The predicted octanol–water partition coefficient (Wildman–Crippen LogP) is 2.38. The molecule has 1 aliphatic heterocycles. The molecule has 1 N–H and O–H groups in total. The molecule has 1 fully saturated rings. The number of nitrogens with zero attached hydrogens (tertiary/aromatic N) is 1. The minimum absolute atomic E-state index is 0.112. The van der Waals surface area contributed by atoms with Gasteiger partial charge in [-0.1, -0.05) is 32.0 Å². The average molecular weight is 297 g/mol. The van der Waals surface area contributed by atoms with Gasteiger partial charge in [0.2, 0.25) is 10.0 Å². The van der Waals surface area contributed by atoms with Crippen LogP contribution in [0.2, 0.25) is 0 Å². The third-order valence-electron chi connectivity index (χ3n) is 4.66. The van der Waals surface area contributed by atoms with Crippen LogP contribution in [0.3, 0.4) is 0 Å². The van der Waals surface area contributed by atoms with Crippen molar-refractivity contribution in [1.29, 1.82) is 0 Å². The lowest BCUT2D eigenvalue weighted by Crippen LogP contribution is -2.32. The molecule has 1 aromatic rings. The summed E-state index contributed by atoms with van der Waals surface area (Å²) in [5, 5.41) is 9.34. The lowest BCUT2D eigenvalue weighted by Gasteiger charge is -2.26. The molecule has 0 aliphatic carbocycles. The number of sulfonamides is 1. The molecule has 5 heteroatoms. The van der Waals surface area contributed by atoms with Crippen molar-refractivity contribution in [2.45, 2.75) is 44.6 Å².